The number of rotatable bonds is 5. The van der Waals surface area contributed by atoms with Crippen molar-refractivity contribution in [2.24, 2.45) is 4.99 Å². The van der Waals surface area contributed by atoms with Gasteiger partial charge in [0.15, 0.2) is 0 Å². The SMILES string of the molecule is C=C(c1ccc2c(c1)N=C(c1ccc(C)cc1)c1ccccc1S2)N(C)Cc1ccco1.CCC. The molecular formula is C31H32N2OS. The summed E-state index contributed by atoms with van der Waals surface area (Å²) in [6.45, 7) is 11.4. The smallest absolute Gasteiger partial charge is 0.123 e. The minimum absolute atomic E-state index is 0.668. The van der Waals surface area contributed by atoms with Crippen molar-refractivity contribution in [1.29, 1.82) is 0 Å². The first-order valence-corrected chi connectivity index (χ1v) is 12.8. The fourth-order valence-electron chi connectivity index (χ4n) is 3.80. The second-order valence-electron chi connectivity index (χ2n) is 8.70. The maximum atomic E-state index is 5.50. The zero-order valence-electron chi connectivity index (χ0n) is 20.9. The number of aliphatic imine (C=N–C) groups is 1. The average Bonchev–Trinajstić information content (AvgIpc) is 3.31. The number of aryl methyl sites for hydroxylation is 1. The molecule has 0 atom stereocenters. The zero-order chi connectivity index (χ0) is 24.8. The van der Waals surface area contributed by atoms with Gasteiger partial charge >= 0.3 is 0 Å². The molecule has 1 aliphatic heterocycles. The maximum Gasteiger partial charge on any atom is 0.123 e. The van der Waals surface area contributed by atoms with Gasteiger partial charge in [-0.2, -0.15) is 0 Å². The van der Waals surface area contributed by atoms with Gasteiger partial charge < -0.3 is 9.32 Å². The van der Waals surface area contributed by atoms with E-state index < -0.39 is 0 Å². The second kappa shape index (κ2) is 11.3. The molecule has 0 bridgehead atoms. The van der Waals surface area contributed by atoms with Gasteiger partial charge in [-0.15, -0.1) is 0 Å². The van der Waals surface area contributed by atoms with E-state index in [0.717, 1.165) is 44.4 Å². The van der Waals surface area contributed by atoms with Crippen LogP contribution < -0.4 is 0 Å². The highest BCUT2D eigenvalue weighted by Crippen LogP contribution is 2.42. The minimum Gasteiger partial charge on any atom is -0.467 e. The van der Waals surface area contributed by atoms with Crippen LogP contribution in [0.2, 0.25) is 0 Å². The Labute approximate surface area is 213 Å². The zero-order valence-corrected chi connectivity index (χ0v) is 21.7. The number of benzene rings is 3. The molecule has 0 N–H and O–H groups in total. The lowest BCUT2D eigenvalue weighted by atomic mass is 10.0. The first kappa shape index (κ1) is 24.6. The van der Waals surface area contributed by atoms with E-state index in [0.29, 0.717) is 6.54 Å². The molecule has 178 valence electrons. The molecule has 0 radical (unpaired) electrons. The molecule has 3 aromatic carbocycles. The molecule has 2 heterocycles. The summed E-state index contributed by atoms with van der Waals surface area (Å²) in [5.74, 6) is 0.911. The van der Waals surface area contributed by atoms with Crippen molar-refractivity contribution >= 4 is 28.9 Å². The van der Waals surface area contributed by atoms with Crippen molar-refractivity contribution < 1.29 is 4.42 Å². The van der Waals surface area contributed by atoms with Crippen LogP contribution in [-0.4, -0.2) is 17.7 Å². The fourth-order valence-corrected chi connectivity index (χ4v) is 4.81. The molecule has 4 heteroatoms. The number of hydrogen-bond acceptors (Lipinski definition) is 4. The van der Waals surface area contributed by atoms with Crippen molar-refractivity contribution in [2.45, 2.75) is 43.5 Å². The molecule has 0 saturated heterocycles. The average molecular weight is 481 g/mol. The molecule has 0 saturated carbocycles. The Kier molecular flexibility index (Phi) is 7.94. The molecule has 0 spiro atoms. The van der Waals surface area contributed by atoms with Crippen LogP contribution in [0.4, 0.5) is 5.69 Å². The van der Waals surface area contributed by atoms with Crippen LogP contribution in [0.1, 0.15) is 48.3 Å². The minimum atomic E-state index is 0.668. The Morgan fingerprint density at radius 3 is 2.40 bits per heavy atom. The van der Waals surface area contributed by atoms with Crippen molar-refractivity contribution in [3.63, 3.8) is 0 Å². The highest BCUT2D eigenvalue weighted by molar-refractivity contribution is 7.99. The Balaban J connectivity index is 0.000000917. The quantitative estimate of drug-likeness (QED) is 0.252. The summed E-state index contributed by atoms with van der Waals surface area (Å²) >= 11 is 1.76. The van der Waals surface area contributed by atoms with Crippen LogP contribution in [0.3, 0.4) is 0 Å². The number of furan rings is 1. The van der Waals surface area contributed by atoms with E-state index >= 15 is 0 Å². The van der Waals surface area contributed by atoms with Gasteiger partial charge in [-0.25, -0.2) is 4.99 Å². The van der Waals surface area contributed by atoms with Gasteiger partial charge in [0.1, 0.15) is 5.76 Å². The van der Waals surface area contributed by atoms with Crippen molar-refractivity contribution in [3.05, 3.63) is 120 Å². The molecule has 35 heavy (non-hydrogen) atoms. The summed E-state index contributed by atoms with van der Waals surface area (Å²) in [6.07, 6.45) is 2.95. The predicted molar refractivity (Wildman–Crippen MR) is 149 cm³/mol. The third kappa shape index (κ3) is 5.77. The van der Waals surface area contributed by atoms with E-state index in [2.05, 4.69) is 99.0 Å². The van der Waals surface area contributed by atoms with E-state index in [1.807, 2.05) is 19.2 Å². The Morgan fingerprint density at radius 2 is 1.69 bits per heavy atom. The topological polar surface area (TPSA) is 28.7 Å². The molecular weight excluding hydrogens is 448 g/mol. The van der Waals surface area contributed by atoms with E-state index in [4.69, 9.17) is 9.41 Å². The Bertz CT molecular complexity index is 1320. The summed E-state index contributed by atoms with van der Waals surface area (Å²) in [5, 5.41) is 0. The van der Waals surface area contributed by atoms with Crippen molar-refractivity contribution in [2.75, 3.05) is 7.05 Å². The second-order valence-corrected chi connectivity index (χ2v) is 9.78. The van der Waals surface area contributed by atoms with Crippen LogP contribution in [0.25, 0.3) is 5.70 Å². The summed E-state index contributed by atoms with van der Waals surface area (Å²) in [7, 11) is 2.03. The van der Waals surface area contributed by atoms with Crippen LogP contribution in [0, 0.1) is 6.92 Å². The van der Waals surface area contributed by atoms with Crippen LogP contribution in [-0.2, 0) is 6.54 Å². The molecule has 0 unspecified atom stereocenters. The Hall–Kier alpha value is -3.50. The summed E-state index contributed by atoms with van der Waals surface area (Å²) in [4.78, 5) is 9.64. The third-order valence-corrected chi connectivity index (χ3v) is 6.79. The predicted octanol–water partition coefficient (Wildman–Crippen LogP) is 8.74. The first-order chi connectivity index (χ1) is 17.0. The molecule has 0 aliphatic carbocycles. The van der Waals surface area contributed by atoms with Crippen LogP contribution in [0.15, 0.2) is 111 Å². The van der Waals surface area contributed by atoms with E-state index in [1.54, 1.807) is 18.0 Å². The molecule has 1 aliphatic rings. The number of nitrogens with zero attached hydrogens (tertiary/aromatic N) is 2. The maximum absolute atomic E-state index is 5.50. The lowest BCUT2D eigenvalue weighted by Gasteiger charge is -2.21. The monoisotopic (exact) mass is 480 g/mol. The highest BCUT2D eigenvalue weighted by atomic mass is 32.2. The van der Waals surface area contributed by atoms with Gasteiger partial charge in [-0.05, 0) is 42.8 Å². The fraction of sp³-hybridized carbons (Fsp3) is 0.194. The van der Waals surface area contributed by atoms with Crippen molar-refractivity contribution in [1.82, 2.24) is 4.90 Å². The number of hydrogen-bond donors (Lipinski definition) is 0. The highest BCUT2D eigenvalue weighted by Gasteiger charge is 2.19. The van der Waals surface area contributed by atoms with E-state index in [-0.39, 0.29) is 0 Å². The molecule has 0 fully saturated rings. The standard InChI is InChI=1S/C28H24N2OS.C3H8/c1-19-10-12-21(13-11-19)28-24-8-4-5-9-26(24)32-27-15-14-22(17-25(27)29-28)20(2)30(3)18-23-7-6-16-31-23;1-3-2/h4-17H,2,18H2,1,3H3;3H2,1-2H3. The number of fused-ring (bicyclic) bond motifs is 2. The van der Waals surface area contributed by atoms with Gasteiger partial charge in [0, 0.05) is 33.7 Å². The third-order valence-electron chi connectivity index (χ3n) is 5.65. The molecule has 3 nitrogen and oxygen atoms in total. The summed E-state index contributed by atoms with van der Waals surface area (Å²) in [5.41, 5.74) is 7.47. The van der Waals surface area contributed by atoms with Gasteiger partial charge in [0.2, 0.25) is 0 Å². The van der Waals surface area contributed by atoms with Gasteiger partial charge in [-0.1, -0.05) is 92.7 Å². The van der Waals surface area contributed by atoms with Gasteiger partial charge in [0.25, 0.3) is 0 Å². The summed E-state index contributed by atoms with van der Waals surface area (Å²) in [6, 6.07) is 27.4. The molecule has 1 aromatic heterocycles. The van der Waals surface area contributed by atoms with Crippen molar-refractivity contribution in [3.8, 4) is 0 Å². The summed E-state index contributed by atoms with van der Waals surface area (Å²) < 4.78 is 5.50. The first-order valence-electron chi connectivity index (χ1n) is 12.0. The lowest BCUT2D eigenvalue weighted by Crippen LogP contribution is -2.15. The largest absolute Gasteiger partial charge is 0.467 e. The Morgan fingerprint density at radius 1 is 0.943 bits per heavy atom. The van der Waals surface area contributed by atoms with Gasteiger partial charge in [0.05, 0.1) is 24.2 Å². The van der Waals surface area contributed by atoms with Gasteiger partial charge in [-0.3, -0.25) is 0 Å². The molecule has 0 amide bonds. The molecule has 4 aromatic rings. The lowest BCUT2D eigenvalue weighted by molar-refractivity contribution is 0.397. The normalized spacial score (nSPS) is 11.8. The van der Waals surface area contributed by atoms with E-state index in [9.17, 15) is 0 Å². The molecule has 5 rings (SSSR count). The van der Waals surface area contributed by atoms with Crippen LogP contribution in [0.5, 0.6) is 0 Å². The van der Waals surface area contributed by atoms with Crippen LogP contribution >= 0.6 is 11.8 Å². The van der Waals surface area contributed by atoms with E-state index in [1.165, 1.54) is 16.9 Å².